The average molecular weight is 228 g/mol. The van der Waals surface area contributed by atoms with Gasteiger partial charge in [-0.05, 0) is 45.4 Å². The third-order valence-electron chi connectivity index (χ3n) is 3.90. The molecule has 16 heavy (non-hydrogen) atoms. The van der Waals surface area contributed by atoms with E-state index in [1.165, 1.54) is 0 Å². The van der Waals surface area contributed by atoms with Crippen LogP contribution in [0.5, 0.6) is 0 Å². The van der Waals surface area contributed by atoms with Gasteiger partial charge >= 0.3 is 5.97 Å². The van der Waals surface area contributed by atoms with Gasteiger partial charge in [0.05, 0.1) is 5.60 Å². The fraction of sp³-hybridized carbons (Fsp3) is 0.923. The predicted molar refractivity (Wildman–Crippen MR) is 63.5 cm³/mol. The molecule has 0 saturated heterocycles. The fourth-order valence-electron chi connectivity index (χ4n) is 2.40. The molecule has 2 atom stereocenters. The van der Waals surface area contributed by atoms with E-state index in [-0.39, 0.29) is 11.5 Å². The Balaban J connectivity index is 2.92. The van der Waals surface area contributed by atoms with E-state index in [9.17, 15) is 9.90 Å². The van der Waals surface area contributed by atoms with Crippen LogP contribution < -0.4 is 0 Å². The first-order valence-corrected chi connectivity index (χ1v) is 6.27. The summed E-state index contributed by atoms with van der Waals surface area (Å²) in [7, 11) is 0. The molecule has 1 rings (SSSR count). The highest BCUT2D eigenvalue weighted by molar-refractivity contribution is 5.78. The summed E-state index contributed by atoms with van der Waals surface area (Å²) in [5, 5.41) is 9.49. The van der Waals surface area contributed by atoms with Crippen molar-refractivity contribution in [2.24, 2.45) is 5.92 Å². The molecule has 94 valence electrons. The maximum atomic E-state index is 11.6. The van der Waals surface area contributed by atoms with Crippen LogP contribution in [0.3, 0.4) is 0 Å². The molecule has 3 nitrogen and oxygen atoms in total. The maximum absolute atomic E-state index is 11.6. The number of ether oxygens (including phenoxy) is 1. The summed E-state index contributed by atoms with van der Waals surface area (Å²) in [5.41, 5.74) is -1.32. The van der Waals surface area contributed by atoms with E-state index in [0.717, 1.165) is 25.7 Å². The molecule has 1 aliphatic carbocycles. The lowest BCUT2D eigenvalue weighted by atomic mass is 9.75. The third-order valence-corrected chi connectivity index (χ3v) is 3.90. The van der Waals surface area contributed by atoms with Crippen molar-refractivity contribution in [2.75, 3.05) is 0 Å². The third kappa shape index (κ3) is 2.57. The molecular weight excluding hydrogens is 204 g/mol. The molecule has 0 bridgehead atoms. The Morgan fingerprint density at radius 1 is 1.50 bits per heavy atom. The highest BCUT2D eigenvalue weighted by Gasteiger charge is 2.49. The Labute approximate surface area is 98.2 Å². The molecule has 0 spiro atoms. The summed E-state index contributed by atoms with van der Waals surface area (Å²) in [4.78, 5) is 11.6. The van der Waals surface area contributed by atoms with Crippen LogP contribution in [0.2, 0.25) is 0 Å². The minimum atomic E-state index is -0.961. The Kier molecular flexibility index (Phi) is 4.00. The maximum Gasteiger partial charge on any atom is 0.336 e. The van der Waals surface area contributed by atoms with E-state index >= 15 is 0 Å². The van der Waals surface area contributed by atoms with E-state index in [2.05, 4.69) is 0 Å². The van der Waals surface area contributed by atoms with Gasteiger partial charge < -0.3 is 9.84 Å². The monoisotopic (exact) mass is 228 g/mol. The number of hydrogen-bond donors (Lipinski definition) is 1. The minimum Gasteiger partial charge on any atom is -0.479 e. The quantitative estimate of drug-likeness (QED) is 0.803. The average Bonchev–Trinajstić information content (AvgIpc) is 2.21. The predicted octanol–water partition coefficient (Wildman–Crippen LogP) is 3.23. The summed E-state index contributed by atoms with van der Waals surface area (Å²) in [6.07, 6.45) is 4.50. The molecule has 0 aliphatic heterocycles. The molecule has 3 heteroatoms. The molecule has 1 saturated carbocycles. The number of carboxylic acids is 1. The smallest absolute Gasteiger partial charge is 0.336 e. The molecule has 1 aliphatic rings. The summed E-state index contributed by atoms with van der Waals surface area (Å²) in [5.74, 6) is -0.689. The van der Waals surface area contributed by atoms with Crippen molar-refractivity contribution in [3.63, 3.8) is 0 Å². The highest BCUT2D eigenvalue weighted by Crippen LogP contribution is 2.40. The summed E-state index contributed by atoms with van der Waals surface area (Å²) in [6, 6.07) is 0. The second-order valence-electron chi connectivity index (χ2n) is 5.56. The van der Waals surface area contributed by atoms with Gasteiger partial charge in [-0.25, -0.2) is 4.79 Å². The van der Waals surface area contributed by atoms with Crippen molar-refractivity contribution >= 4 is 5.97 Å². The number of carbonyl (C=O) groups is 1. The lowest BCUT2D eigenvalue weighted by Gasteiger charge is -2.43. The van der Waals surface area contributed by atoms with Gasteiger partial charge in [0, 0.05) is 0 Å². The van der Waals surface area contributed by atoms with Crippen LogP contribution in [0.1, 0.15) is 59.8 Å². The molecular formula is C13H24O3. The van der Waals surface area contributed by atoms with Gasteiger partial charge in [0.15, 0.2) is 5.60 Å². The second-order valence-corrected chi connectivity index (χ2v) is 5.56. The number of rotatable bonds is 4. The van der Waals surface area contributed by atoms with Crippen LogP contribution in [-0.4, -0.2) is 22.3 Å². The SMILES string of the molecule is CCC(C)(C)OC1(C(=O)O)CCCCC1C. The zero-order valence-corrected chi connectivity index (χ0v) is 10.9. The normalized spacial score (nSPS) is 31.4. The summed E-state index contributed by atoms with van der Waals surface area (Å²) >= 11 is 0. The first-order valence-electron chi connectivity index (χ1n) is 6.27. The largest absolute Gasteiger partial charge is 0.479 e. The van der Waals surface area contributed by atoms with Crippen molar-refractivity contribution in [1.29, 1.82) is 0 Å². The van der Waals surface area contributed by atoms with Crippen LogP contribution >= 0.6 is 0 Å². The summed E-state index contributed by atoms with van der Waals surface area (Å²) in [6.45, 7) is 7.97. The first-order chi connectivity index (χ1) is 7.34. The number of aliphatic carboxylic acids is 1. The van der Waals surface area contributed by atoms with Crippen LogP contribution in [0.15, 0.2) is 0 Å². The fourth-order valence-corrected chi connectivity index (χ4v) is 2.40. The van der Waals surface area contributed by atoms with Gasteiger partial charge in [0.25, 0.3) is 0 Å². The van der Waals surface area contributed by atoms with Crippen molar-refractivity contribution in [2.45, 2.75) is 71.0 Å². The Hall–Kier alpha value is -0.570. The molecule has 0 heterocycles. The van der Waals surface area contributed by atoms with Gasteiger partial charge in [0.1, 0.15) is 0 Å². The van der Waals surface area contributed by atoms with E-state index in [4.69, 9.17) is 4.74 Å². The van der Waals surface area contributed by atoms with Crippen LogP contribution in [-0.2, 0) is 9.53 Å². The van der Waals surface area contributed by atoms with Crippen LogP contribution in [0, 0.1) is 5.92 Å². The first kappa shape index (κ1) is 13.5. The highest BCUT2D eigenvalue weighted by atomic mass is 16.5. The van der Waals surface area contributed by atoms with Crippen LogP contribution in [0.4, 0.5) is 0 Å². The van der Waals surface area contributed by atoms with E-state index in [1.54, 1.807) is 0 Å². The van der Waals surface area contributed by atoms with Crippen molar-refractivity contribution < 1.29 is 14.6 Å². The van der Waals surface area contributed by atoms with Gasteiger partial charge in [-0.3, -0.25) is 0 Å². The van der Waals surface area contributed by atoms with E-state index < -0.39 is 11.6 Å². The van der Waals surface area contributed by atoms with E-state index in [0.29, 0.717) is 6.42 Å². The standard InChI is InChI=1S/C13H24O3/c1-5-12(3,4)16-13(11(14)15)9-7-6-8-10(13)2/h10H,5-9H2,1-4H3,(H,14,15). The number of hydrogen-bond acceptors (Lipinski definition) is 2. The summed E-state index contributed by atoms with van der Waals surface area (Å²) < 4.78 is 5.99. The molecule has 0 aromatic rings. The molecule has 1 fully saturated rings. The van der Waals surface area contributed by atoms with Crippen molar-refractivity contribution in [3.8, 4) is 0 Å². The van der Waals surface area contributed by atoms with Crippen LogP contribution in [0.25, 0.3) is 0 Å². The van der Waals surface area contributed by atoms with E-state index in [1.807, 2.05) is 27.7 Å². The van der Waals surface area contributed by atoms with Gasteiger partial charge in [-0.15, -0.1) is 0 Å². The molecule has 0 aromatic heterocycles. The Morgan fingerprint density at radius 3 is 2.56 bits per heavy atom. The molecule has 1 N–H and O–H groups in total. The molecule has 0 radical (unpaired) electrons. The van der Waals surface area contributed by atoms with Gasteiger partial charge in [0.2, 0.25) is 0 Å². The topological polar surface area (TPSA) is 46.5 Å². The number of carboxylic acid groups (broad SMARTS) is 1. The zero-order chi connectivity index (χ0) is 12.4. The lowest BCUT2D eigenvalue weighted by molar-refractivity contribution is -0.207. The Morgan fingerprint density at radius 2 is 2.12 bits per heavy atom. The molecule has 0 aromatic carbocycles. The Bertz CT molecular complexity index is 260. The minimum absolute atomic E-state index is 0.101. The van der Waals surface area contributed by atoms with Crippen molar-refractivity contribution in [1.82, 2.24) is 0 Å². The van der Waals surface area contributed by atoms with Gasteiger partial charge in [-0.1, -0.05) is 20.3 Å². The second kappa shape index (κ2) is 4.74. The molecule has 2 unspecified atom stereocenters. The van der Waals surface area contributed by atoms with Gasteiger partial charge in [-0.2, -0.15) is 0 Å². The molecule has 0 amide bonds. The van der Waals surface area contributed by atoms with Crippen molar-refractivity contribution in [3.05, 3.63) is 0 Å². The zero-order valence-electron chi connectivity index (χ0n) is 10.9. The lowest BCUT2D eigenvalue weighted by Crippen LogP contribution is -2.53.